The van der Waals surface area contributed by atoms with E-state index in [0.717, 1.165) is 6.07 Å². The molecule has 0 spiro atoms. The molecule has 7 heteroatoms. The number of nitriles is 1. The first-order chi connectivity index (χ1) is 11.0. The number of carbonyl (C=O) groups is 1. The van der Waals surface area contributed by atoms with Crippen molar-refractivity contribution in [3.05, 3.63) is 57.9 Å². The van der Waals surface area contributed by atoms with E-state index in [2.05, 4.69) is 0 Å². The molecule has 5 nitrogen and oxygen atoms in total. The SMILES string of the molecule is COc1cc(N)c(Cl)cc1C(=O)OCc1cc(C#N)ccc1F. The van der Waals surface area contributed by atoms with Gasteiger partial charge in [-0.05, 0) is 24.3 Å². The topological polar surface area (TPSA) is 85.3 Å². The molecule has 0 saturated heterocycles. The summed E-state index contributed by atoms with van der Waals surface area (Å²) in [5, 5.41) is 8.99. The van der Waals surface area contributed by atoms with Crippen LogP contribution in [0.4, 0.5) is 10.1 Å². The summed E-state index contributed by atoms with van der Waals surface area (Å²) in [5.74, 6) is -1.12. The van der Waals surface area contributed by atoms with Crippen LogP contribution in [0.15, 0.2) is 30.3 Å². The number of halogens is 2. The first kappa shape index (κ1) is 16.6. The highest BCUT2D eigenvalue weighted by molar-refractivity contribution is 6.33. The van der Waals surface area contributed by atoms with E-state index in [1.807, 2.05) is 6.07 Å². The van der Waals surface area contributed by atoms with Gasteiger partial charge in [0.15, 0.2) is 0 Å². The van der Waals surface area contributed by atoms with E-state index in [4.69, 9.17) is 32.1 Å². The summed E-state index contributed by atoms with van der Waals surface area (Å²) in [6.45, 7) is -0.328. The molecule has 0 heterocycles. The van der Waals surface area contributed by atoms with Gasteiger partial charge in [-0.1, -0.05) is 11.6 Å². The van der Waals surface area contributed by atoms with E-state index in [0.29, 0.717) is 0 Å². The van der Waals surface area contributed by atoms with Gasteiger partial charge in [0, 0.05) is 11.6 Å². The second kappa shape index (κ2) is 6.99. The van der Waals surface area contributed by atoms with Crippen molar-refractivity contribution in [3.63, 3.8) is 0 Å². The number of nitrogens with zero attached hydrogens (tertiary/aromatic N) is 1. The molecule has 0 radical (unpaired) electrons. The van der Waals surface area contributed by atoms with E-state index >= 15 is 0 Å². The highest BCUT2D eigenvalue weighted by Gasteiger charge is 2.17. The Bertz CT molecular complexity index is 803. The Labute approximate surface area is 137 Å². The predicted molar refractivity (Wildman–Crippen MR) is 82.7 cm³/mol. The van der Waals surface area contributed by atoms with E-state index < -0.39 is 11.8 Å². The molecule has 0 aliphatic carbocycles. The van der Waals surface area contributed by atoms with Crippen LogP contribution < -0.4 is 10.5 Å². The number of carbonyl (C=O) groups excluding carboxylic acids is 1. The number of rotatable bonds is 4. The third kappa shape index (κ3) is 3.71. The molecule has 0 bridgehead atoms. The van der Waals surface area contributed by atoms with Gasteiger partial charge in [-0.15, -0.1) is 0 Å². The van der Waals surface area contributed by atoms with Gasteiger partial charge in [0.1, 0.15) is 23.7 Å². The van der Waals surface area contributed by atoms with E-state index in [1.54, 1.807) is 0 Å². The summed E-state index contributed by atoms with van der Waals surface area (Å²) in [6.07, 6.45) is 0. The number of hydrogen-bond acceptors (Lipinski definition) is 5. The van der Waals surface area contributed by atoms with Crippen molar-refractivity contribution in [3.8, 4) is 11.8 Å². The van der Waals surface area contributed by atoms with Crippen LogP contribution in [0.2, 0.25) is 5.02 Å². The number of anilines is 1. The number of ether oxygens (including phenoxy) is 2. The number of nitrogens with two attached hydrogens (primary N) is 1. The average molecular weight is 335 g/mol. The Kier molecular flexibility index (Phi) is 5.04. The third-order valence-corrected chi connectivity index (χ3v) is 3.40. The van der Waals surface area contributed by atoms with Crippen LogP contribution in [0.1, 0.15) is 21.5 Å². The lowest BCUT2D eigenvalue weighted by molar-refractivity contribution is 0.0465. The van der Waals surface area contributed by atoms with Gasteiger partial charge in [0.05, 0.1) is 29.5 Å². The van der Waals surface area contributed by atoms with E-state index in [-0.39, 0.29) is 39.8 Å². The number of hydrogen-bond donors (Lipinski definition) is 1. The zero-order chi connectivity index (χ0) is 17.0. The Morgan fingerprint density at radius 2 is 2.13 bits per heavy atom. The fourth-order valence-electron chi connectivity index (χ4n) is 1.87. The van der Waals surface area contributed by atoms with Crippen LogP contribution in [0.25, 0.3) is 0 Å². The van der Waals surface area contributed by atoms with Crippen molar-refractivity contribution in [1.29, 1.82) is 5.26 Å². The minimum Gasteiger partial charge on any atom is -0.496 e. The van der Waals surface area contributed by atoms with Crippen molar-refractivity contribution in [2.45, 2.75) is 6.61 Å². The Balaban J connectivity index is 2.21. The number of esters is 1. The molecule has 0 fully saturated rings. The monoisotopic (exact) mass is 334 g/mol. The zero-order valence-corrected chi connectivity index (χ0v) is 12.9. The fourth-order valence-corrected chi connectivity index (χ4v) is 2.04. The van der Waals surface area contributed by atoms with Crippen LogP contribution in [0.3, 0.4) is 0 Å². The summed E-state index contributed by atoms with van der Waals surface area (Å²) in [7, 11) is 1.37. The molecule has 2 rings (SSSR count). The maximum absolute atomic E-state index is 13.7. The molecule has 2 aromatic rings. The standard InChI is InChI=1S/C16H12ClFN2O3/c1-22-15-6-14(20)12(17)5-11(15)16(21)23-8-10-4-9(7-19)2-3-13(10)18/h2-6H,8,20H2,1H3. The number of benzene rings is 2. The van der Waals surface area contributed by atoms with Crippen LogP contribution in [0.5, 0.6) is 5.75 Å². The van der Waals surface area contributed by atoms with Gasteiger partial charge >= 0.3 is 5.97 Å². The van der Waals surface area contributed by atoms with Gasteiger partial charge in [-0.25, -0.2) is 9.18 Å². The molecule has 0 aliphatic rings. The van der Waals surface area contributed by atoms with E-state index in [9.17, 15) is 9.18 Å². The van der Waals surface area contributed by atoms with Crippen molar-refractivity contribution < 1.29 is 18.7 Å². The quantitative estimate of drug-likeness (QED) is 0.685. The number of methoxy groups -OCH3 is 1. The Morgan fingerprint density at radius 1 is 1.39 bits per heavy atom. The van der Waals surface area contributed by atoms with Gasteiger partial charge in [0.25, 0.3) is 0 Å². The van der Waals surface area contributed by atoms with Gasteiger partial charge < -0.3 is 15.2 Å². The highest BCUT2D eigenvalue weighted by atomic mass is 35.5. The average Bonchev–Trinajstić information content (AvgIpc) is 2.55. The normalized spacial score (nSPS) is 10.0. The lowest BCUT2D eigenvalue weighted by Crippen LogP contribution is -2.09. The Hall–Kier alpha value is -2.78. The summed E-state index contributed by atoms with van der Waals surface area (Å²) in [5.41, 5.74) is 6.33. The first-order valence-corrected chi connectivity index (χ1v) is 6.82. The molecule has 0 amide bonds. The molecule has 23 heavy (non-hydrogen) atoms. The summed E-state index contributed by atoms with van der Waals surface area (Å²) >= 11 is 5.88. The molecule has 118 valence electrons. The van der Waals surface area contributed by atoms with Crippen LogP contribution in [0, 0.1) is 17.1 Å². The molecular weight excluding hydrogens is 323 g/mol. The first-order valence-electron chi connectivity index (χ1n) is 6.45. The molecular formula is C16H12ClFN2O3. The van der Waals surface area contributed by atoms with Crippen molar-refractivity contribution in [1.82, 2.24) is 0 Å². The molecule has 0 aliphatic heterocycles. The van der Waals surface area contributed by atoms with Gasteiger partial charge in [-0.2, -0.15) is 5.26 Å². The summed E-state index contributed by atoms with van der Waals surface area (Å²) in [4.78, 5) is 12.1. The van der Waals surface area contributed by atoms with E-state index in [1.165, 1.54) is 31.4 Å². The minimum atomic E-state index is -0.745. The largest absolute Gasteiger partial charge is 0.496 e. The maximum atomic E-state index is 13.7. The highest BCUT2D eigenvalue weighted by Crippen LogP contribution is 2.29. The van der Waals surface area contributed by atoms with Crippen molar-refractivity contribution >= 4 is 23.3 Å². The molecule has 0 unspecified atom stereocenters. The van der Waals surface area contributed by atoms with Crippen LogP contribution >= 0.6 is 11.6 Å². The summed E-state index contributed by atoms with van der Waals surface area (Å²) < 4.78 is 23.8. The van der Waals surface area contributed by atoms with Crippen molar-refractivity contribution in [2.75, 3.05) is 12.8 Å². The van der Waals surface area contributed by atoms with Gasteiger partial charge in [-0.3, -0.25) is 0 Å². The molecule has 0 saturated carbocycles. The summed E-state index contributed by atoms with van der Waals surface area (Å²) in [6, 6.07) is 8.40. The lowest BCUT2D eigenvalue weighted by Gasteiger charge is -2.11. The number of nitrogen functional groups attached to an aromatic ring is 1. The van der Waals surface area contributed by atoms with Crippen LogP contribution in [-0.4, -0.2) is 13.1 Å². The Morgan fingerprint density at radius 3 is 2.78 bits per heavy atom. The second-order valence-corrected chi connectivity index (χ2v) is 4.98. The lowest BCUT2D eigenvalue weighted by atomic mass is 10.1. The predicted octanol–water partition coefficient (Wildman–Crippen LogP) is 3.30. The minimum absolute atomic E-state index is 0.0727. The maximum Gasteiger partial charge on any atom is 0.342 e. The molecule has 2 aromatic carbocycles. The zero-order valence-electron chi connectivity index (χ0n) is 12.1. The van der Waals surface area contributed by atoms with Crippen molar-refractivity contribution in [2.24, 2.45) is 0 Å². The van der Waals surface area contributed by atoms with Crippen LogP contribution in [-0.2, 0) is 11.3 Å². The molecule has 0 atom stereocenters. The van der Waals surface area contributed by atoms with Gasteiger partial charge in [0.2, 0.25) is 0 Å². The second-order valence-electron chi connectivity index (χ2n) is 4.57. The third-order valence-electron chi connectivity index (χ3n) is 3.07. The fraction of sp³-hybridized carbons (Fsp3) is 0.125. The molecule has 2 N–H and O–H groups in total. The molecule has 0 aromatic heterocycles. The smallest absolute Gasteiger partial charge is 0.342 e.